The predicted octanol–water partition coefficient (Wildman–Crippen LogP) is 1.30. The van der Waals surface area contributed by atoms with E-state index in [1.807, 2.05) is 24.1 Å². The van der Waals surface area contributed by atoms with Crippen LogP contribution in [0.25, 0.3) is 0 Å². The van der Waals surface area contributed by atoms with Crippen LogP contribution < -0.4 is 5.32 Å². The summed E-state index contributed by atoms with van der Waals surface area (Å²) >= 11 is 0. The van der Waals surface area contributed by atoms with Crippen molar-refractivity contribution < 1.29 is 32.7 Å². The molecule has 1 unspecified atom stereocenters. The number of nitrogens with zero attached hydrogens (tertiary/aromatic N) is 4. The number of carboxylic acid groups (broad SMARTS) is 1. The normalized spacial score (nSPS) is 23.5. The Labute approximate surface area is 170 Å². The minimum absolute atomic E-state index is 0.0560. The third-order valence-electron chi connectivity index (χ3n) is 5.15. The molecule has 2 fully saturated rings. The standard InChI is InChI=1S/C16H23N5O2.C2HF3O2/c1-20-9-13(8-18-20)10-21-5-4-16(11-21)6-14(19-23-16)15(22)17-7-12-2-3-12;3-2(4,5)1(6)7/h8-9,12H,2-7,10-11H2,1H3,(H,17,22);(H,6,7). The molecule has 1 saturated heterocycles. The lowest BCUT2D eigenvalue weighted by molar-refractivity contribution is -0.192. The van der Waals surface area contributed by atoms with Crippen LogP contribution in [0.15, 0.2) is 17.5 Å². The number of likely N-dealkylation sites (tertiary alicyclic amines) is 1. The molecule has 0 radical (unpaired) electrons. The van der Waals surface area contributed by atoms with Crippen molar-refractivity contribution in [3.05, 3.63) is 18.0 Å². The summed E-state index contributed by atoms with van der Waals surface area (Å²) < 4.78 is 33.6. The van der Waals surface area contributed by atoms with Gasteiger partial charge in [-0.25, -0.2) is 4.79 Å². The van der Waals surface area contributed by atoms with Crippen molar-refractivity contribution in [1.82, 2.24) is 20.0 Å². The summed E-state index contributed by atoms with van der Waals surface area (Å²) in [6.07, 6.45) is 2.84. The topological polar surface area (TPSA) is 109 Å². The maximum absolute atomic E-state index is 12.1. The van der Waals surface area contributed by atoms with Gasteiger partial charge < -0.3 is 15.3 Å². The maximum Gasteiger partial charge on any atom is 0.490 e. The third-order valence-corrected chi connectivity index (χ3v) is 5.15. The third kappa shape index (κ3) is 5.94. The number of amides is 1. The molecule has 1 spiro atoms. The number of hydrogen-bond acceptors (Lipinski definition) is 6. The molecular weight excluding hydrogens is 407 g/mol. The summed E-state index contributed by atoms with van der Waals surface area (Å²) in [6.45, 7) is 3.41. The number of aryl methyl sites for hydroxylation is 1. The lowest BCUT2D eigenvalue weighted by Gasteiger charge is -2.21. The number of hydrogen-bond donors (Lipinski definition) is 2. The summed E-state index contributed by atoms with van der Waals surface area (Å²) in [5, 5.41) is 18.4. The summed E-state index contributed by atoms with van der Waals surface area (Å²) in [4.78, 5) is 29.1. The van der Waals surface area contributed by atoms with Gasteiger partial charge in [-0.2, -0.15) is 18.3 Å². The van der Waals surface area contributed by atoms with Crippen molar-refractivity contribution in [3.63, 3.8) is 0 Å². The second kappa shape index (κ2) is 8.62. The van der Waals surface area contributed by atoms with Crippen molar-refractivity contribution in [2.24, 2.45) is 18.1 Å². The first-order valence-electron chi connectivity index (χ1n) is 9.59. The van der Waals surface area contributed by atoms with Crippen molar-refractivity contribution >= 4 is 17.6 Å². The number of carbonyl (C=O) groups excluding carboxylic acids is 1. The van der Waals surface area contributed by atoms with E-state index in [0.717, 1.165) is 32.6 Å². The molecule has 1 amide bonds. The zero-order valence-electron chi connectivity index (χ0n) is 16.5. The first-order valence-corrected chi connectivity index (χ1v) is 9.59. The van der Waals surface area contributed by atoms with Crippen LogP contribution in [0.2, 0.25) is 0 Å². The number of aliphatic carboxylic acids is 1. The highest BCUT2D eigenvalue weighted by Crippen LogP contribution is 2.34. The SMILES string of the molecule is Cn1cc(CN2CCC3(CC(C(=O)NCC4CC4)=NO3)C2)cn1.O=C(O)C(F)(F)F. The molecule has 12 heteroatoms. The van der Waals surface area contributed by atoms with Crippen LogP contribution in [0, 0.1) is 5.92 Å². The van der Waals surface area contributed by atoms with Gasteiger partial charge in [-0.05, 0) is 18.8 Å². The van der Waals surface area contributed by atoms with Crippen LogP contribution in [0.1, 0.15) is 31.2 Å². The highest BCUT2D eigenvalue weighted by atomic mass is 19.4. The average Bonchev–Trinajstić information content (AvgIpc) is 3.06. The Balaban J connectivity index is 0.000000318. The number of halogens is 3. The molecule has 166 valence electrons. The Kier molecular flexibility index (Phi) is 6.34. The molecular formula is C18H24F3N5O4. The monoisotopic (exact) mass is 431 g/mol. The van der Waals surface area contributed by atoms with Crippen molar-refractivity contribution in [1.29, 1.82) is 0 Å². The Morgan fingerprint density at radius 2 is 2.10 bits per heavy atom. The predicted molar refractivity (Wildman–Crippen MR) is 98.4 cm³/mol. The van der Waals surface area contributed by atoms with Gasteiger partial charge in [-0.15, -0.1) is 0 Å². The van der Waals surface area contributed by atoms with Crippen LogP contribution in [0.3, 0.4) is 0 Å². The molecule has 3 aliphatic rings. The number of nitrogens with one attached hydrogen (secondary N) is 1. The van der Waals surface area contributed by atoms with Crippen LogP contribution in [-0.4, -0.2) is 68.8 Å². The number of oxime groups is 1. The van der Waals surface area contributed by atoms with Crippen molar-refractivity contribution in [3.8, 4) is 0 Å². The van der Waals surface area contributed by atoms with Crippen LogP contribution in [0.5, 0.6) is 0 Å². The van der Waals surface area contributed by atoms with Crippen molar-refractivity contribution in [2.45, 2.75) is 44.0 Å². The van der Waals surface area contributed by atoms with Gasteiger partial charge in [0.1, 0.15) is 5.71 Å². The van der Waals surface area contributed by atoms with E-state index in [0.29, 0.717) is 18.1 Å². The van der Waals surface area contributed by atoms with E-state index in [4.69, 9.17) is 14.7 Å². The molecule has 1 saturated carbocycles. The molecule has 1 aromatic rings. The highest BCUT2D eigenvalue weighted by molar-refractivity contribution is 6.39. The van der Waals surface area contributed by atoms with Gasteiger partial charge in [0.25, 0.3) is 5.91 Å². The number of rotatable bonds is 5. The quantitative estimate of drug-likeness (QED) is 0.728. The molecule has 0 bridgehead atoms. The Bertz CT molecular complexity index is 821. The number of carbonyl (C=O) groups is 2. The minimum Gasteiger partial charge on any atom is -0.475 e. The lowest BCUT2D eigenvalue weighted by atomic mass is 9.96. The molecule has 9 nitrogen and oxygen atoms in total. The zero-order valence-corrected chi connectivity index (χ0v) is 16.5. The zero-order chi connectivity index (χ0) is 21.9. The van der Waals surface area contributed by atoms with E-state index in [-0.39, 0.29) is 11.5 Å². The van der Waals surface area contributed by atoms with E-state index in [9.17, 15) is 18.0 Å². The summed E-state index contributed by atoms with van der Waals surface area (Å²) in [5.41, 5.74) is 1.44. The van der Waals surface area contributed by atoms with Crippen molar-refractivity contribution in [2.75, 3.05) is 19.6 Å². The second-order valence-corrected chi connectivity index (χ2v) is 7.93. The fourth-order valence-electron chi connectivity index (χ4n) is 3.40. The number of carboxylic acids is 1. The van der Waals surface area contributed by atoms with Crippen LogP contribution in [-0.2, 0) is 28.0 Å². The van der Waals surface area contributed by atoms with Crippen LogP contribution in [0.4, 0.5) is 13.2 Å². The highest BCUT2D eigenvalue weighted by Gasteiger charge is 2.46. The maximum atomic E-state index is 12.1. The number of aromatic nitrogens is 2. The summed E-state index contributed by atoms with van der Waals surface area (Å²) in [5.74, 6) is -2.13. The van der Waals surface area contributed by atoms with Gasteiger partial charge in [-0.3, -0.25) is 14.4 Å². The van der Waals surface area contributed by atoms with Gasteiger partial charge >= 0.3 is 12.1 Å². The molecule has 1 atom stereocenters. The minimum atomic E-state index is -5.08. The van der Waals surface area contributed by atoms with E-state index in [2.05, 4.69) is 20.5 Å². The molecule has 0 aromatic carbocycles. The van der Waals surface area contributed by atoms with Gasteiger partial charge in [0.05, 0.1) is 6.20 Å². The van der Waals surface area contributed by atoms with Gasteiger partial charge in [0.2, 0.25) is 0 Å². The fraction of sp³-hybridized carbons (Fsp3) is 0.667. The molecule has 30 heavy (non-hydrogen) atoms. The molecule has 3 heterocycles. The van der Waals surface area contributed by atoms with E-state index >= 15 is 0 Å². The smallest absolute Gasteiger partial charge is 0.475 e. The molecule has 2 aliphatic heterocycles. The van der Waals surface area contributed by atoms with E-state index in [1.165, 1.54) is 18.4 Å². The summed E-state index contributed by atoms with van der Waals surface area (Å²) in [7, 11) is 1.93. The first-order chi connectivity index (χ1) is 14.1. The van der Waals surface area contributed by atoms with Gasteiger partial charge in [0.15, 0.2) is 5.60 Å². The Morgan fingerprint density at radius 3 is 2.67 bits per heavy atom. The molecule has 4 rings (SSSR count). The van der Waals surface area contributed by atoms with Gasteiger partial charge in [-0.1, -0.05) is 5.16 Å². The largest absolute Gasteiger partial charge is 0.490 e. The lowest BCUT2D eigenvalue weighted by Crippen LogP contribution is -2.37. The molecule has 2 N–H and O–H groups in total. The van der Waals surface area contributed by atoms with E-state index in [1.54, 1.807) is 0 Å². The summed E-state index contributed by atoms with van der Waals surface area (Å²) in [6, 6.07) is 0. The fourth-order valence-corrected chi connectivity index (χ4v) is 3.40. The number of alkyl halides is 3. The van der Waals surface area contributed by atoms with Crippen LogP contribution >= 0.6 is 0 Å². The Hall–Kier alpha value is -2.63. The van der Waals surface area contributed by atoms with E-state index < -0.39 is 12.1 Å². The van der Waals surface area contributed by atoms with Gasteiger partial charge in [0, 0.05) is 57.8 Å². The Morgan fingerprint density at radius 1 is 1.40 bits per heavy atom. The second-order valence-electron chi connectivity index (χ2n) is 7.93. The first kappa shape index (κ1) is 22.1. The molecule has 1 aliphatic carbocycles. The molecule has 1 aromatic heterocycles. The average molecular weight is 431 g/mol.